The van der Waals surface area contributed by atoms with Gasteiger partial charge >= 0.3 is 0 Å². The minimum absolute atomic E-state index is 0.00142. The largest absolute Gasteiger partial charge is 0.756 e. The van der Waals surface area contributed by atoms with Gasteiger partial charge in [-0.05, 0) is 77.0 Å². The van der Waals surface area contributed by atoms with E-state index in [0.717, 1.165) is 83.5 Å². The summed E-state index contributed by atoms with van der Waals surface area (Å²) in [6.45, 7) is 4.59. The second kappa shape index (κ2) is 59.1. The van der Waals surface area contributed by atoms with Crippen LogP contribution in [0.5, 0.6) is 0 Å². The molecule has 0 radical (unpaired) electrons. The van der Waals surface area contributed by atoms with Gasteiger partial charge in [-0.25, -0.2) is 0 Å². The van der Waals surface area contributed by atoms with Crippen molar-refractivity contribution in [1.29, 1.82) is 0 Å². The maximum absolute atomic E-state index is 13.0. The molecule has 0 rings (SSSR count). The molecule has 9 heteroatoms. The highest BCUT2D eigenvalue weighted by molar-refractivity contribution is 7.45. The van der Waals surface area contributed by atoms with Crippen LogP contribution in [0, 0.1) is 0 Å². The van der Waals surface area contributed by atoms with Crippen LogP contribution in [-0.2, 0) is 18.4 Å². The van der Waals surface area contributed by atoms with E-state index < -0.39 is 20.0 Å². The highest BCUT2D eigenvalue weighted by atomic mass is 31.2. The van der Waals surface area contributed by atoms with Gasteiger partial charge in [0.1, 0.15) is 13.2 Å². The molecule has 3 unspecified atom stereocenters. The summed E-state index contributed by atoms with van der Waals surface area (Å²) in [5.41, 5.74) is 0. The third-order valence-electron chi connectivity index (χ3n) is 14.3. The number of hydrogen-bond acceptors (Lipinski definition) is 6. The van der Waals surface area contributed by atoms with Gasteiger partial charge in [-0.15, -0.1) is 0 Å². The molecule has 0 saturated heterocycles. The number of likely N-dealkylation sites (N-methyl/N-ethyl adjacent to an activating group) is 1. The molecule has 3 atom stereocenters. The Balaban J connectivity index is 4.19. The average Bonchev–Trinajstić information content (AvgIpc) is 3.41. The number of quaternary nitrogens is 1. The number of aliphatic hydroxyl groups excluding tert-OH is 1. The van der Waals surface area contributed by atoms with Crippen LogP contribution < -0.4 is 10.2 Å². The first-order valence-electron chi connectivity index (χ1n) is 32.6. The van der Waals surface area contributed by atoms with Crippen molar-refractivity contribution in [2.45, 2.75) is 296 Å². The van der Waals surface area contributed by atoms with Crippen molar-refractivity contribution in [3.63, 3.8) is 0 Å². The molecule has 452 valence electrons. The van der Waals surface area contributed by atoms with Gasteiger partial charge < -0.3 is 28.8 Å². The Hall–Kier alpha value is -2.58. The Bertz CT molecular complexity index is 1590. The average molecular weight is 1110 g/mol. The molecule has 1 amide bonds. The molecule has 0 saturated carbocycles. The number of nitrogens with one attached hydrogen (secondary N) is 1. The standard InChI is InChI=1S/C69H125N2O6P/c1-6-8-10-12-14-16-18-20-22-24-26-28-30-32-34-35-37-38-40-42-44-46-48-50-52-54-56-58-60-62-68(72)67(66-77-78(74,75)76-65-64-71(3,4)5)70-69(73)63-61-59-57-55-53-51-49-47-45-43-41-39-36-33-31-29-27-25-23-21-19-17-15-13-11-9-7-2/h9,11,15,17,21,23,27,29,33,36,41,43,47,49,53,55,67-68,72H,6-8,10,12-14,16,18-20,22,24-26,28,30-32,34-35,37-40,42,44-46,48,50-52,54,56-66H2,1-5H3,(H-,70,73,74,75)/b11-9-,17-15-,23-21-,29-27-,36-33-,43-41-,49-47-,55-53-. The van der Waals surface area contributed by atoms with Gasteiger partial charge in [0, 0.05) is 6.42 Å². The Kier molecular flexibility index (Phi) is 57.1. The second-order valence-corrected chi connectivity index (χ2v) is 24.5. The number of hydrogen-bond donors (Lipinski definition) is 2. The Morgan fingerprint density at radius 1 is 0.462 bits per heavy atom. The van der Waals surface area contributed by atoms with Crippen LogP contribution in [0.2, 0.25) is 0 Å². The molecule has 0 aliphatic rings. The van der Waals surface area contributed by atoms with E-state index in [-0.39, 0.29) is 19.1 Å². The third-order valence-corrected chi connectivity index (χ3v) is 15.3. The van der Waals surface area contributed by atoms with Crippen molar-refractivity contribution in [3.8, 4) is 0 Å². The fourth-order valence-electron chi connectivity index (χ4n) is 9.29. The number of carbonyl (C=O) groups excluding carboxylic acids is 1. The number of nitrogens with zero attached hydrogens (tertiary/aromatic N) is 1. The van der Waals surface area contributed by atoms with Crippen LogP contribution in [0.1, 0.15) is 284 Å². The predicted octanol–water partition coefficient (Wildman–Crippen LogP) is 19.9. The van der Waals surface area contributed by atoms with Gasteiger partial charge in [0.15, 0.2) is 0 Å². The van der Waals surface area contributed by atoms with Crippen molar-refractivity contribution < 1.29 is 32.9 Å². The maximum Gasteiger partial charge on any atom is 0.268 e. The summed E-state index contributed by atoms with van der Waals surface area (Å²) in [4.78, 5) is 25.6. The molecule has 0 aliphatic heterocycles. The zero-order valence-electron chi connectivity index (χ0n) is 51.6. The van der Waals surface area contributed by atoms with Gasteiger partial charge in [-0.3, -0.25) is 9.36 Å². The van der Waals surface area contributed by atoms with Gasteiger partial charge in [0.05, 0.1) is 39.9 Å². The van der Waals surface area contributed by atoms with Crippen LogP contribution in [0.15, 0.2) is 97.2 Å². The molecule has 0 bridgehead atoms. The molecule has 0 aliphatic carbocycles. The van der Waals surface area contributed by atoms with Crippen LogP contribution in [0.3, 0.4) is 0 Å². The normalized spacial score (nSPS) is 14.4. The first kappa shape index (κ1) is 75.4. The predicted molar refractivity (Wildman–Crippen MR) is 339 cm³/mol. The van der Waals surface area contributed by atoms with Crippen molar-refractivity contribution in [2.24, 2.45) is 0 Å². The molecule has 0 spiro atoms. The molecule has 0 aromatic heterocycles. The maximum atomic E-state index is 13.0. The van der Waals surface area contributed by atoms with Crippen LogP contribution in [-0.4, -0.2) is 68.5 Å². The topological polar surface area (TPSA) is 108 Å². The smallest absolute Gasteiger partial charge is 0.268 e. The van der Waals surface area contributed by atoms with Crippen molar-refractivity contribution >= 4 is 13.7 Å². The van der Waals surface area contributed by atoms with Crippen LogP contribution >= 0.6 is 7.82 Å². The van der Waals surface area contributed by atoms with E-state index in [4.69, 9.17) is 9.05 Å². The number of phosphoric ester groups is 1. The van der Waals surface area contributed by atoms with E-state index in [0.29, 0.717) is 30.3 Å². The molecular formula is C69H125N2O6P. The summed E-state index contributed by atoms with van der Waals surface area (Å²) >= 11 is 0. The number of carbonyl (C=O) groups is 1. The second-order valence-electron chi connectivity index (χ2n) is 23.1. The minimum atomic E-state index is -4.60. The zero-order chi connectivity index (χ0) is 57.0. The number of unbranched alkanes of at least 4 members (excludes halogenated alkanes) is 30. The minimum Gasteiger partial charge on any atom is -0.756 e. The lowest BCUT2D eigenvalue weighted by Crippen LogP contribution is -2.46. The molecule has 0 aromatic rings. The zero-order valence-corrected chi connectivity index (χ0v) is 52.5. The Morgan fingerprint density at radius 2 is 0.782 bits per heavy atom. The van der Waals surface area contributed by atoms with E-state index in [1.54, 1.807) is 0 Å². The Labute approximate surface area is 483 Å². The number of aliphatic hydroxyl groups is 1. The lowest BCUT2D eigenvalue weighted by Gasteiger charge is -2.30. The van der Waals surface area contributed by atoms with E-state index >= 15 is 0 Å². The summed E-state index contributed by atoms with van der Waals surface area (Å²) in [5, 5.41) is 14.0. The van der Waals surface area contributed by atoms with E-state index in [9.17, 15) is 19.4 Å². The van der Waals surface area contributed by atoms with Gasteiger partial charge in [0.25, 0.3) is 7.82 Å². The van der Waals surface area contributed by atoms with Gasteiger partial charge in [-0.1, -0.05) is 297 Å². The van der Waals surface area contributed by atoms with E-state index in [1.807, 2.05) is 21.1 Å². The lowest BCUT2D eigenvalue weighted by atomic mass is 10.0. The number of rotatable bonds is 59. The fourth-order valence-corrected chi connectivity index (χ4v) is 10.0. The SMILES string of the molecule is CC/C=C\C/C=C\C/C=C\C/C=C\C/C=C\C/C=C\C/C=C\C/C=C\CCCCC(=O)NC(COP(=O)([O-])OCC[N+](C)(C)C)C(O)CCCCCCCCCCCCCCCCCCCCCCCCCCCCCCC. The molecule has 0 fully saturated rings. The number of allylic oxidation sites excluding steroid dienone is 16. The van der Waals surface area contributed by atoms with E-state index in [1.165, 1.54) is 167 Å². The van der Waals surface area contributed by atoms with Gasteiger partial charge in [-0.2, -0.15) is 0 Å². The fraction of sp³-hybridized carbons (Fsp3) is 0.754. The first-order chi connectivity index (χ1) is 38.0. The van der Waals surface area contributed by atoms with E-state index in [2.05, 4.69) is 116 Å². The number of phosphoric acid groups is 1. The summed E-state index contributed by atoms with van der Waals surface area (Å²) in [5.74, 6) is -0.207. The molecule has 2 N–H and O–H groups in total. The molecule has 78 heavy (non-hydrogen) atoms. The van der Waals surface area contributed by atoms with Crippen molar-refractivity contribution in [2.75, 3.05) is 40.9 Å². The van der Waals surface area contributed by atoms with Crippen molar-refractivity contribution in [3.05, 3.63) is 97.2 Å². The molecule has 8 nitrogen and oxygen atoms in total. The molecular weight excluding hydrogens is 984 g/mol. The summed E-state index contributed by atoms with van der Waals surface area (Å²) in [7, 11) is 1.27. The summed E-state index contributed by atoms with van der Waals surface area (Å²) < 4.78 is 23.5. The van der Waals surface area contributed by atoms with Gasteiger partial charge in [0.2, 0.25) is 5.91 Å². The first-order valence-corrected chi connectivity index (χ1v) is 34.0. The highest BCUT2D eigenvalue weighted by Crippen LogP contribution is 2.38. The highest BCUT2D eigenvalue weighted by Gasteiger charge is 2.24. The quantitative estimate of drug-likeness (QED) is 0.0272. The van der Waals surface area contributed by atoms with Crippen LogP contribution in [0.25, 0.3) is 0 Å². The van der Waals surface area contributed by atoms with Crippen LogP contribution in [0.4, 0.5) is 0 Å². The number of amides is 1. The lowest BCUT2D eigenvalue weighted by molar-refractivity contribution is -0.870. The Morgan fingerprint density at radius 3 is 1.12 bits per heavy atom. The molecule has 0 aromatic carbocycles. The summed E-state index contributed by atoms with van der Waals surface area (Å²) in [6, 6.07) is -0.833. The monoisotopic (exact) mass is 1110 g/mol. The van der Waals surface area contributed by atoms with Crippen molar-refractivity contribution in [1.82, 2.24) is 5.32 Å². The third kappa shape index (κ3) is 61.0. The summed E-state index contributed by atoms with van der Waals surface area (Å²) in [6.07, 6.45) is 84.7. The molecule has 0 heterocycles.